The Kier molecular flexibility index (Phi) is 4.80. The molecule has 100 valence electrons. The molecule has 0 saturated carbocycles. The molecule has 0 aliphatic rings. The summed E-state index contributed by atoms with van der Waals surface area (Å²) >= 11 is 0. The number of nitrogens with zero attached hydrogens (tertiary/aromatic N) is 1. The van der Waals surface area contributed by atoms with E-state index in [1.54, 1.807) is 6.20 Å². The highest BCUT2D eigenvalue weighted by Crippen LogP contribution is 2.17. The van der Waals surface area contributed by atoms with Crippen LogP contribution in [0.4, 0.5) is 8.78 Å². The maximum absolute atomic E-state index is 13.2. The smallest absolute Gasteiger partial charge is 0.165 e. The van der Waals surface area contributed by atoms with Crippen molar-refractivity contribution in [3.63, 3.8) is 0 Å². The summed E-state index contributed by atoms with van der Waals surface area (Å²) in [6.45, 7) is 1.38. The van der Waals surface area contributed by atoms with Gasteiger partial charge in [0, 0.05) is 25.4 Å². The molecule has 1 heterocycles. The van der Waals surface area contributed by atoms with Crippen molar-refractivity contribution in [2.45, 2.75) is 6.54 Å². The standard InChI is InChI=1S/C14H14F2N2O/c15-11-4-5-13(16)14(9-11)19-8-7-17-10-12-3-1-2-6-18-12/h1-6,9,17H,7-8,10H2. The van der Waals surface area contributed by atoms with Crippen LogP contribution in [0.3, 0.4) is 0 Å². The van der Waals surface area contributed by atoms with Gasteiger partial charge in [0.25, 0.3) is 0 Å². The third kappa shape index (κ3) is 4.30. The number of benzene rings is 1. The SMILES string of the molecule is Fc1ccc(F)c(OCCNCc2ccccn2)c1. The number of halogens is 2. The van der Waals surface area contributed by atoms with E-state index in [1.165, 1.54) is 0 Å². The first-order chi connectivity index (χ1) is 9.25. The first kappa shape index (κ1) is 13.4. The molecule has 0 atom stereocenters. The van der Waals surface area contributed by atoms with Crippen molar-refractivity contribution in [2.24, 2.45) is 0 Å². The molecule has 0 saturated heterocycles. The van der Waals surface area contributed by atoms with Gasteiger partial charge in [-0.25, -0.2) is 8.78 Å². The largest absolute Gasteiger partial charge is 0.489 e. The van der Waals surface area contributed by atoms with Gasteiger partial charge in [0.15, 0.2) is 11.6 Å². The van der Waals surface area contributed by atoms with Gasteiger partial charge >= 0.3 is 0 Å². The minimum absolute atomic E-state index is 0.0698. The molecule has 2 aromatic rings. The Morgan fingerprint density at radius 3 is 2.84 bits per heavy atom. The van der Waals surface area contributed by atoms with Crippen LogP contribution in [0.5, 0.6) is 5.75 Å². The number of nitrogens with one attached hydrogen (secondary N) is 1. The lowest BCUT2D eigenvalue weighted by atomic mass is 10.3. The molecule has 0 spiro atoms. The van der Waals surface area contributed by atoms with Crippen LogP contribution in [-0.2, 0) is 6.54 Å². The molecule has 0 aliphatic carbocycles. The zero-order valence-corrected chi connectivity index (χ0v) is 10.3. The summed E-state index contributed by atoms with van der Waals surface area (Å²) in [4.78, 5) is 4.15. The maximum atomic E-state index is 13.2. The van der Waals surface area contributed by atoms with Crippen LogP contribution < -0.4 is 10.1 Å². The molecule has 5 heteroatoms. The highest BCUT2D eigenvalue weighted by atomic mass is 19.1. The first-order valence-corrected chi connectivity index (χ1v) is 5.94. The second-order valence-corrected chi connectivity index (χ2v) is 3.92. The lowest BCUT2D eigenvalue weighted by molar-refractivity contribution is 0.296. The average Bonchev–Trinajstić information content (AvgIpc) is 2.43. The first-order valence-electron chi connectivity index (χ1n) is 5.94. The zero-order valence-electron chi connectivity index (χ0n) is 10.3. The van der Waals surface area contributed by atoms with Crippen LogP contribution in [0.15, 0.2) is 42.6 Å². The molecule has 0 bridgehead atoms. The van der Waals surface area contributed by atoms with Gasteiger partial charge in [-0.05, 0) is 24.3 Å². The fourth-order valence-corrected chi connectivity index (χ4v) is 1.54. The lowest BCUT2D eigenvalue weighted by Gasteiger charge is -2.08. The monoisotopic (exact) mass is 264 g/mol. The number of hydrogen-bond donors (Lipinski definition) is 1. The third-order valence-corrected chi connectivity index (χ3v) is 2.46. The van der Waals surface area contributed by atoms with Crippen molar-refractivity contribution in [3.8, 4) is 5.75 Å². The molecule has 1 aromatic heterocycles. The number of aromatic nitrogens is 1. The van der Waals surface area contributed by atoms with Crippen LogP contribution in [0.1, 0.15) is 5.69 Å². The summed E-state index contributed by atoms with van der Waals surface area (Å²) in [6, 6.07) is 8.80. The van der Waals surface area contributed by atoms with Crippen LogP contribution in [-0.4, -0.2) is 18.1 Å². The van der Waals surface area contributed by atoms with E-state index < -0.39 is 11.6 Å². The average molecular weight is 264 g/mol. The molecule has 19 heavy (non-hydrogen) atoms. The molecule has 1 aromatic carbocycles. The van der Waals surface area contributed by atoms with E-state index in [-0.39, 0.29) is 12.4 Å². The van der Waals surface area contributed by atoms with E-state index in [4.69, 9.17) is 4.74 Å². The van der Waals surface area contributed by atoms with E-state index in [1.807, 2.05) is 18.2 Å². The maximum Gasteiger partial charge on any atom is 0.165 e. The lowest BCUT2D eigenvalue weighted by Crippen LogP contribution is -2.21. The van der Waals surface area contributed by atoms with Crippen molar-refractivity contribution in [1.29, 1.82) is 0 Å². The summed E-state index contributed by atoms with van der Waals surface area (Å²) in [6.07, 6.45) is 1.72. The van der Waals surface area contributed by atoms with Gasteiger partial charge in [0.1, 0.15) is 12.4 Å². The van der Waals surface area contributed by atoms with E-state index in [0.717, 1.165) is 23.9 Å². The third-order valence-electron chi connectivity index (χ3n) is 2.46. The molecule has 0 unspecified atom stereocenters. The van der Waals surface area contributed by atoms with Gasteiger partial charge in [0.2, 0.25) is 0 Å². The van der Waals surface area contributed by atoms with E-state index >= 15 is 0 Å². The van der Waals surface area contributed by atoms with Crippen LogP contribution in [0.25, 0.3) is 0 Å². The van der Waals surface area contributed by atoms with Crippen molar-refractivity contribution < 1.29 is 13.5 Å². The second kappa shape index (κ2) is 6.80. The number of ether oxygens (including phenoxy) is 1. The zero-order chi connectivity index (χ0) is 13.5. The van der Waals surface area contributed by atoms with Gasteiger partial charge in [-0.3, -0.25) is 4.98 Å². The molecular formula is C14H14F2N2O. The molecule has 0 radical (unpaired) electrons. The summed E-state index contributed by atoms with van der Waals surface area (Å²) in [5, 5.41) is 3.10. The molecule has 0 amide bonds. The summed E-state index contributed by atoms with van der Waals surface area (Å²) in [7, 11) is 0. The molecular weight excluding hydrogens is 250 g/mol. The van der Waals surface area contributed by atoms with Crippen molar-refractivity contribution in [3.05, 3.63) is 59.9 Å². The van der Waals surface area contributed by atoms with E-state index in [9.17, 15) is 8.78 Å². The molecule has 1 N–H and O–H groups in total. The number of hydrogen-bond acceptors (Lipinski definition) is 3. The Balaban J connectivity index is 1.71. The normalized spacial score (nSPS) is 10.4. The van der Waals surface area contributed by atoms with Crippen molar-refractivity contribution in [1.82, 2.24) is 10.3 Å². The Morgan fingerprint density at radius 1 is 1.16 bits per heavy atom. The summed E-state index contributed by atoms with van der Waals surface area (Å²) in [5.74, 6) is -1.15. The predicted molar refractivity (Wildman–Crippen MR) is 67.8 cm³/mol. The van der Waals surface area contributed by atoms with Gasteiger partial charge in [-0.2, -0.15) is 0 Å². The molecule has 0 fully saturated rings. The van der Waals surface area contributed by atoms with Gasteiger partial charge in [0.05, 0.1) is 5.69 Å². The topological polar surface area (TPSA) is 34.1 Å². The Bertz CT molecular complexity index is 520. The second-order valence-electron chi connectivity index (χ2n) is 3.92. The van der Waals surface area contributed by atoms with Crippen molar-refractivity contribution in [2.75, 3.05) is 13.2 Å². The van der Waals surface area contributed by atoms with Gasteiger partial charge in [-0.15, -0.1) is 0 Å². The fraction of sp³-hybridized carbons (Fsp3) is 0.214. The summed E-state index contributed by atoms with van der Waals surface area (Å²) in [5.41, 5.74) is 0.916. The van der Waals surface area contributed by atoms with Crippen LogP contribution >= 0.6 is 0 Å². The highest BCUT2D eigenvalue weighted by Gasteiger charge is 2.04. The quantitative estimate of drug-likeness (QED) is 0.814. The van der Waals surface area contributed by atoms with Crippen LogP contribution in [0.2, 0.25) is 0 Å². The fourth-order valence-electron chi connectivity index (χ4n) is 1.54. The minimum Gasteiger partial charge on any atom is -0.489 e. The highest BCUT2D eigenvalue weighted by molar-refractivity contribution is 5.24. The molecule has 0 aliphatic heterocycles. The number of pyridine rings is 1. The van der Waals surface area contributed by atoms with Crippen LogP contribution in [0, 0.1) is 11.6 Å². The minimum atomic E-state index is -0.564. The predicted octanol–water partition coefficient (Wildman–Crippen LogP) is 2.53. The number of rotatable bonds is 6. The molecule has 2 rings (SSSR count). The van der Waals surface area contributed by atoms with Crippen molar-refractivity contribution >= 4 is 0 Å². The summed E-state index contributed by atoms with van der Waals surface area (Å²) < 4.78 is 31.3. The Morgan fingerprint density at radius 2 is 2.05 bits per heavy atom. The molecule has 3 nitrogen and oxygen atoms in total. The van der Waals surface area contributed by atoms with E-state index in [0.29, 0.717) is 13.1 Å². The Labute approximate surface area is 110 Å². The van der Waals surface area contributed by atoms with E-state index in [2.05, 4.69) is 10.3 Å². The van der Waals surface area contributed by atoms with Gasteiger partial charge in [-0.1, -0.05) is 6.07 Å². The Hall–Kier alpha value is -2.01. The van der Waals surface area contributed by atoms with Gasteiger partial charge < -0.3 is 10.1 Å².